The average molecular weight is 214 g/mol. The molecule has 2 rings (SSSR count). The van der Waals surface area contributed by atoms with E-state index in [1.807, 2.05) is 43.3 Å². The van der Waals surface area contributed by atoms with Crippen LogP contribution in [0.1, 0.15) is 23.7 Å². The molecule has 16 heavy (non-hydrogen) atoms. The van der Waals surface area contributed by atoms with Gasteiger partial charge in [0.25, 0.3) is 0 Å². The predicted octanol–water partition coefficient (Wildman–Crippen LogP) is 3.44. The Bertz CT molecular complexity index is 529. The van der Waals surface area contributed by atoms with Crippen molar-refractivity contribution in [3.63, 3.8) is 0 Å². The molecule has 0 aliphatic carbocycles. The van der Waals surface area contributed by atoms with Crippen molar-refractivity contribution in [3.8, 4) is 5.75 Å². The molecule has 2 nitrogen and oxygen atoms in total. The zero-order valence-electron chi connectivity index (χ0n) is 9.49. The molecule has 0 spiro atoms. The van der Waals surface area contributed by atoms with Gasteiger partial charge in [0, 0.05) is 11.8 Å². The van der Waals surface area contributed by atoms with Crippen LogP contribution in [-0.2, 0) is 0 Å². The minimum Gasteiger partial charge on any atom is -0.495 e. The third-order valence-corrected chi connectivity index (χ3v) is 2.71. The maximum absolute atomic E-state index is 11.8. The first-order chi connectivity index (χ1) is 7.77. The SMILES string of the molecule is CCC(=O)c1ccc2ccccc2c1OC. The second kappa shape index (κ2) is 4.35. The lowest BCUT2D eigenvalue weighted by Gasteiger charge is -2.10. The largest absolute Gasteiger partial charge is 0.495 e. The molecule has 0 saturated heterocycles. The highest BCUT2D eigenvalue weighted by Gasteiger charge is 2.12. The molecule has 0 radical (unpaired) electrons. The lowest BCUT2D eigenvalue weighted by atomic mass is 10.0. The van der Waals surface area contributed by atoms with Crippen LogP contribution in [0.4, 0.5) is 0 Å². The van der Waals surface area contributed by atoms with Gasteiger partial charge in [0.15, 0.2) is 5.78 Å². The molecule has 2 heteroatoms. The van der Waals surface area contributed by atoms with Crippen LogP contribution in [0.25, 0.3) is 10.8 Å². The summed E-state index contributed by atoms with van der Waals surface area (Å²) in [4.78, 5) is 11.8. The topological polar surface area (TPSA) is 26.3 Å². The number of hydrogen-bond donors (Lipinski definition) is 0. The molecular weight excluding hydrogens is 200 g/mol. The van der Waals surface area contributed by atoms with Crippen LogP contribution in [0.15, 0.2) is 36.4 Å². The van der Waals surface area contributed by atoms with E-state index >= 15 is 0 Å². The smallest absolute Gasteiger partial charge is 0.166 e. The molecule has 0 aromatic heterocycles. The minimum absolute atomic E-state index is 0.114. The van der Waals surface area contributed by atoms with Gasteiger partial charge in [-0.3, -0.25) is 4.79 Å². The summed E-state index contributed by atoms with van der Waals surface area (Å²) < 4.78 is 5.36. The first-order valence-corrected chi connectivity index (χ1v) is 5.37. The molecule has 0 saturated carbocycles. The highest BCUT2D eigenvalue weighted by molar-refractivity contribution is 6.04. The van der Waals surface area contributed by atoms with E-state index in [1.165, 1.54) is 0 Å². The van der Waals surface area contributed by atoms with Gasteiger partial charge in [0.1, 0.15) is 5.75 Å². The fraction of sp³-hybridized carbons (Fsp3) is 0.214. The van der Waals surface area contributed by atoms with Crippen LogP contribution in [0.5, 0.6) is 5.75 Å². The molecule has 0 atom stereocenters. The van der Waals surface area contributed by atoms with Gasteiger partial charge in [-0.05, 0) is 11.5 Å². The maximum atomic E-state index is 11.8. The van der Waals surface area contributed by atoms with Gasteiger partial charge in [-0.15, -0.1) is 0 Å². The molecule has 0 N–H and O–H groups in total. The molecule has 0 aliphatic rings. The number of hydrogen-bond acceptors (Lipinski definition) is 2. The summed E-state index contributed by atoms with van der Waals surface area (Å²) in [5.41, 5.74) is 0.670. The first-order valence-electron chi connectivity index (χ1n) is 5.37. The molecule has 0 amide bonds. The Kier molecular flexibility index (Phi) is 2.91. The second-order valence-electron chi connectivity index (χ2n) is 3.64. The number of Topliss-reactive ketones (excluding diaryl/α,β-unsaturated/α-hetero) is 1. The van der Waals surface area contributed by atoms with E-state index in [1.54, 1.807) is 7.11 Å². The average Bonchev–Trinajstić information content (AvgIpc) is 2.36. The predicted molar refractivity (Wildman–Crippen MR) is 65.1 cm³/mol. The minimum atomic E-state index is 0.114. The van der Waals surface area contributed by atoms with Gasteiger partial charge in [-0.2, -0.15) is 0 Å². The lowest BCUT2D eigenvalue weighted by molar-refractivity contribution is 0.0985. The maximum Gasteiger partial charge on any atom is 0.166 e. The molecule has 2 aromatic rings. The van der Waals surface area contributed by atoms with Gasteiger partial charge in [0.05, 0.1) is 12.7 Å². The van der Waals surface area contributed by atoms with Crippen LogP contribution < -0.4 is 4.74 Å². The number of ketones is 1. The van der Waals surface area contributed by atoms with Crippen molar-refractivity contribution in [2.75, 3.05) is 7.11 Å². The molecule has 0 aliphatic heterocycles. The number of methoxy groups -OCH3 is 1. The van der Waals surface area contributed by atoms with E-state index < -0.39 is 0 Å². The van der Waals surface area contributed by atoms with Crippen LogP contribution in [-0.4, -0.2) is 12.9 Å². The Labute approximate surface area is 94.8 Å². The van der Waals surface area contributed by atoms with Gasteiger partial charge in [-0.1, -0.05) is 37.3 Å². The summed E-state index contributed by atoms with van der Waals surface area (Å²) in [5, 5.41) is 2.08. The highest BCUT2D eigenvalue weighted by atomic mass is 16.5. The Morgan fingerprint density at radius 2 is 1.94 bits per heavy atom. The molecule has 0 heterocycles. The standard InChI is InChI=1S/C14H14O2/c1-3-13(15)12-9-8-10-6-4-5-7-11(10)14(12)16-2/h4-9H,3H2,1-2H3. The summed E-state index contributed by atoms with van der Waals surface area (Å²) in [6, 6.07) is 11.7. The third kappa shape index (κ3) is 1.67. The summed E-state index contributed by atoms with van der Waals surface area (Å²) in [7, 11) is 1.61. The Balaban J connectivity index is 2.72. The second-order valence-corrected chi connectivity index (χ2v) is 3.64. The molecule has 0 fully saturated rings. The number of fused-ring (bicyclic) bond motifs is 1. The van der Waals surface area contributed by atoms with Crippen molar-refractivity contribution in [1.29, 1.82) is 0 Å². The molecular formula is C14H14O2. The van der Waals surface area contributed by atoms with Crippen molar-refractivity contribution in [3.05, 3.63) is 42.0 Å². The summed E-state index contributed by atoms with van der Waals surface area (Å²) in [6.45, 7) is 1.86. The van der Waals surface area contributed by atoms with E-state index in [-0.39, 0.29) is 5.78 Å². The third-order valence-electron chi connectivity index (χ3n) is 2.71. The Morgan fingerprint density at radius 3 is 2.62 bits per heavy atom. The zero-order valence-corrected chi connectivity index (χ0v) is 9.49. The van der Waals surface area contributed by atoms with E-state index in [4.69, 9.17) is 4.74 Å². The van der Waals surface area contributed by atoms with Crippen LogP contribution >= 0.6 is 0 Å². The van der Waals surface area contributed by atoms with Crippen LogP contribution in [0.3, 0.4) is 0 Å². The van der Waals surface area contributed by atoms with Crippen molar-refractivity contribution in [1.82, 2.24) is 0 Å². The van der Waals surface area contributed by atoms with Crippen molar-refractivity contribution in [2.45, 2.75) is 13.3 Å². The summed E-state index contributed by atoms with van der Waals surface area (Å²) in [5.74, 6) is 0.799. The Hall–Kier alpha value is -1.83. The molecule has 0 unspecified atom stereocenters. The number of carbonyl (C=O) groups is 1. The van der Waals surface area contributed by atoms with Crippen molar-refractivity contribution < 1.29 is 9.53 Å². The van der Waals surface area contributed by atoms with Crippen LogP contribution in [0.2, 0.25) is 0 Å². The fourth-order valence-electron chi connectivity index (χ4n) is 1.87. The number of carbonyl (C=O) groups excluding carboxylic acids is 1. The van der Waals surface area contributed by atoms with Crippen LogP contribution in [0, 0.1) is 0 Å². The van der Waals surface area contributed by atoms with E-state index in [0.29, 0.717) is 17.7 Å². The quantitative estimate of drug-likeness (QED) is 0.731. The normalized spacial score (nSPS) is 10.4. The number of rotatable bonds is 3. The number of benzene rings is 2. The molecule has 82 valence electrons. The van der Waals surface area contributed by atoms with E-state index in [9.17, 15) is 4.79 Å². The summed E-state index contributed by atoms with van der Waals surface area (Å²) >= 11 is 0. The zero-order chi connectivity index (χ0) is 11.5. The van der Waals surface area contributed by atoms with Gasteiger partial charge in [-0.25, -0.2) is 0 Å². The first kappa shape index (κ1) is 10.7. The molecule has 0 bridgehead atoms. The van der Waals surface area contributed by atoms with Crippen molar-refractivity contribution in [2.24, 2.45) is 0 Å². The highest BCUT2D eigenvalue weighted by Crippen LogP contribution is 2.30. The van der Waals surface area contributed by atoms with E-state index in [0.717, 1.165) is 10.8 Å². The van der Waals surface area contributed by atoms with Gasteiger partial charge < -0.3 is 4.74 Å². The molecule has 2 aromatic carbocycles. The number of ether oxygens (including phenoxy) is 1. The van der Waals surface area contributed by atoms with Gasteiger partial charge >= 0.3 is 0 Å². The van der Waals surface area contributed by atoms with Gasteiger partial charge in [0.2, 0.25) is 0 Å². The van der Waals surface area contributed by atoms with Crippen molar-refractivity contribution >= 4 is 16.6 Å². The van der Waals surface area contributed by atoms with E-state index in [2.05, 4.69) is 0 Å². The Morgan fingerprint density at radius 1 is 1.19 bits per heavy atom. The monoisotopic (exact) mass is 214 g/mol. The fourth-order valence-corrected chi connectivity index (χ4v) is 1.87. The summed E-state index contributed by atoms with van der Waals surface area (Å²) in [6.07, 6.45) is 0.495. The lowest BCUT2D eigenvalue weighted by Crippen LogP contribution is -2.00.